The molecule has 0 atom stereocenters. The minimum Gasteiger partial charge on any atom is -0.455 e. The van der Waals surface area contributed by atoms with Crippen molar-refractivity contribution in [1.82, 2.24) is 14.7 Å². The predicted octanol–water partition coefficient (Wildman–Crippen LogP) is 4.42. The van der Waals surface area contributed by atoms with Gasteiger partial charge in [-0.3, -0.25) is 14.4 Å². The number of likely N-dealkylation sites (tertiary alicyclic amines) is 1. The molecular formula is C21H23ClN4O2. The average molecular weight is 399 g/mol. The number of benzene rings is 1. The second-order valence-electron chi connectivity index (χ2n) is 7.07. The van der Waals surface area contributed by atoms with E-state index in [1.165, 1.54) is 19.3 Å². The van der Waals surface area contributed by atoms with Crippen LogP contribution in [0.2, 0.25) is 5.02 Å². The van der Waals surface area contributed by atoms with Gasteiger partial charge in [0.15, 0.2) is 11.6 Å². The summed E-state index contributed by atoms with van der Waals surface area (Å²) in [5.41, 5.74) is 1.10. The van der Waals surface area contributed by atoms with Crippen LogP contribution in [0.25, 0.3) is 0 Å². The Morgan fingerprint density at radius 3 is 2.64 bits per heavy atom. The minimum atomic E-state index is -0.350. The number of nitrogens with zero attached hydrogens (tertiary/aromatic N) is 3. The molecule has 1 aliphatic rings. The van der Waals surface area contributed by atoms with Crippen molar-refractivity contribution in [3.63, 3.8) is 0 Å². The maximum atomic E-state index is 12.5. The van der Waals surface area contributed by atoms with Crippen molar-refractivity contribution in [3.05, 3.63) is 70.8 Å². The van der Waals surface area contributed by atoms with Crippen LogP contribution in [0.3, 0.4) is 0 Å². The number of amides is 1. The van der Waals surface area contributed by atoms with E-state index in [9.17, 15) is 4.79 Å². The quantitative estimate of drug-likeness (QED) is 0.667. The molecule has 0 saturated carbocycles. The van der Waals surface area contributed by atoms with Gasteiger partial charge in [0.25, 0.3) is 5.91 Å². The molecule has 7 heteroatoms. The first kappa shape index (κ1) is 18.8. The Morgan fingerprint density at radius 1 is 1.07 bits per heavy atom. The number of nitrogens with one attached hydrogen (secondary N) is 1. The molecule has 146 valence electrons. The highest BCUT2D eigenvalue weighted by molar-refractivity contribution is 6.33. The Labute approximate surface area is 169 Å². The fourth-order valence-electron chi connectivity index (χ4n) is 3.43. The van der Waals surface area contributed by atoms with Gasteiger partial charge >= 0.3 is 0 Å². The van der Waals surface area contributed by atoms with Gasteiger partial charge in [0.1, 0.15) is 10.8 Å². The van der Waals surface area contributed by atoms with Crippen molar-refractivity contribution < 1.29 is 9.21 Å². The number of aromatic nitrogens is 2. The van der Waals surface area contributed by atoms with Crippen molar-refractivity contribution >= 4 is 23.3 Å². The molecule has 1 aromatic carbocycles. The normalized spacial score (nSPS) is 14.9. The smallest absolute Gasteiger partial charge is 0.292 e. The fraction of sp³-hybridized carbons (Fsp3) is 0.333. The van der Waals surface area contributed by atoms with Gasteiger partial charge in [0.05, 0.1) is 13.1 Å². The van der Waals surface area contributed by atoms with Crippen molar-refractivity contribution in [2.24, 2.45) is 0 Å². The van der Waals surface area contributed by atoms with Gasteiger partial charge in [-0.2, -0.15) is 5.10 Å². The topological polar surface area (TPSA) is 63.3 Å². The Bertz CT molecular complexity index is 929. The Balaban J connectivity index is 1.38. The Morgan fingerprint density at radius 2 is 1.86 bits per heavy atom. The lowest BCUT2D eigenvalue weighted by Gasteiger charge is -2.25. The number of carbonyl (C=O) groups excluding carboxylic acids is 1. The van der Waals surface area contributed by atoms with Gasteiger partial charge in [-0.1, -0.05) is 48.4 Å². The zero-order valence-corrected chi connectivity index (χ0v) is 16.4. The molecule has 1 amide bonds. The van der Waals surface area contributed by atoms with Crippen LogP contribution in [-0.4, -0.2) is 33.7 Å². The monoisotopic (exact) mass is 398 g/mol. The number of furan rings is 1. The Kier molecular flexibility index (Phi) is 5.78. The molecule has 3 aromatic rings. The first-order valence-electron chi connectivity index (χ1n) is 9.57. The van der Waals surface area contributed by atoms with E-state index >= 15 is 0 Å². The number of anilines is 1. The van der Waals surface area contributed by atoms with Crippen LogP contribution < -0.4 is 5.32 Å². The van der Waals surface area contributed by atoms with E-state index in [0.29, 0.717) is 17.4 Å². The van der Waals surface area contributed by atoms with E-state index in [4.69, 9.17) is 16.0 Å². The van der Waals surface area contributed by atoms with E-state index in [-0.39, 0.29) is 11.7 Å². The molecule has 4 rings (SSSR count). The predicted molar refractivity (Wildman–Crippen MR) is 109 cm³/mol. The number of hydrogen-bond donors (Lipinski definition) is 1. The highest BCUT2D eigenvalue weighted by atomic mass is 35.5. The third-order valence-electron chi connectivity index (χ3n) is 4.85. The summed E-state index contributed by atoms with van der Waals surface area (Å²) in [5.74, 6) is 1.04. The van der Waals surface area contributed by atoms with Gasteiger partial charge in [-0.25, -0.2) is 0 Å². The minimum absolute atomic E-state index is 0.265. The van der Waals surface area contributed by atoms with E-state index in [1.807, 2.05) is 36.4 Å². The second-order valence-corrected chi connectivity index (χ2v) is 7.47. The summed E-state index contributed by atoms with van der Waals surface area (Å²) in [6.07, 6.45) is 5.43. The van der Waals surface area contributed by atoms with Crippen LogP contribution >= 0.6 is 11.6 Å². The lowest BCUT2D eigenvalue weighted by Crippen LogP contribution is -2.28. The third-order valence-corrected chi connectivity index (χ3v) is 5.13. The lowest BCUT2D eigenvalue weighted by atomic mass is 10.1. The van der Waals surface area contributed by atoms with E-state index < -0.39 is 0 Å². The number of hydrogen-bond acceptors (Lipinski definition) is 4. The van der Waals surface area contributed by atoms with E-state index in [0.717, 1.165) is 31.0 Å². The molecule has 3 heterocycles. The maximum absolute atomic E-state index is 12.5. The molecule has 0 bridgehead atoms. The standard InChI is InChI=1S/C21H23ClN4O2/c22-18-15-26(13-16-7-3-1-4-8-16)24-20(18)23-21(27)19-10-9-17(28-19)14-25-11-5-2-6-12-25/h1,3-4,7-10,15H,2,5-6,11-14H2,(H,23,24,27). The summed E-state index contributed by atoms with van der Waals surface area (Å²) in [5, 5.41) is 7.51. The summed E-state index contributed by atoms with van der Waals surface area (Å²) < 4.78 is 7.44. The number of carbonyl (C=O) groups is 1. The molecular weight excluding hydrogens is 376 g/mol. The summed E-state index contributed by atoms with van der Waals surface area (Å²) >= 11 is 6.24. The summed E-state index contributed by atoms with van der Waals surface area (Å²) in [4.78, 5) is 14.9. The summed E-state index contributed by atoms with van der Waals surface area (Å²) in [7, 11) is 0. The van der Waals surface area contributed by atoms with Crippen molar-refractivity contribution in [2.75, 3.05) is 18.4 Å². The number of rotatable bonds is 6. The maximum Gasteiger partial charge on any atom is 0.292 e. The first-order chi connectivity index (χ1) is 13.7. The van der Waals surface area contributed by atoms with Crippen LogP contribution in [0.5, 0.6) is 0 Å². The molecule has 0 spiro atoms. The second kappa shape index (κ2) is 8.63. The molecule has 6 nitrogen and oxygen atoms in total. The molecule has 28 heavy (non-hydrogen) atoms. The van der Waals surface area contributed by atoms with Crippen LogP contribution in [0.1, 0.15) is 41.1 Å². The van der Waals surface area contributed by atoms with Gasteiger partial charge < -0.3 is 9.73 Å². The first-order valence-corrected chi connectivity index (χ1v) is 9.94. The molecule has 2 aromatic heterocycles. The SMILES string of the molecule is O=C(Nc1nn(Cc2ccccc2)cc1Cl)c1ccc(CN2CCCCC2)o1. The number of halogens is 1. The Hall–Kier alpha value is -2.57. The molecule has 1 saturated heterocycles. The molecule has 1 aliphatic heterocycles. The lowest BCUT2D eigenvalue weighted by molar-refractivity contribution is 0.0991. The third kappa shape index (κ3) is 4.64. The molecule has 0 aliphatic carbocycles. The van der Waals surface area contributed by atoms with Gasteiger partial charge in [0.2, 0.25) is 0 Å². The van der Waals surface area contributed by atoms with Crippen LogP contribution in [0.4, 0.5) is 5.82 Å². The molecule has 0 unspecified atom stereocenters. The average Bonchev–Trinajstić information content (AvgIpc) is 3.30. The zero-order valence-electron chi connectivity index (χ0n) is 15.6. The van der Waals surface area contributed by atoms with Gasteiger partial charge in [-0.05, 0) is 43.6 Å². The van der Waals surface area contributed by atoms with Gasteiger partial charge in [-0.15, -0.1) is 0 Å². The molecule has 0 radical (unpaired) electrons. The van der Waals surface area contributed by atoms with E-state index in [1.54, 1.807) is 16.9 Å². The molecule has 1 fully saturated rings. The van der Waals surface area contributed by atoms with Crippen LogP contribution in [0, 0.1) is 0 Å². The summed E-state index contributed by atoms with van der Waals surface area (Å²) in [6, 6.07) is 13.5. The number of piperidine rings is 1. The van der Waals surface area contributed by atoms with Crippen molar-refractivity contribution in [1.29, 1.82) is 0 Å². The molecule has 1 N–H and O–H groups in total. The highest BCUT2D eigenvalue weighted by Gasteiger charge is 2.17. The largest absolute Gasteiger partial charge is 0.455 e. The van der Waals surface area contributed by atoms with Gasteiger partial charge in [0, 0.05) is 6.20 Å². The fourth-order valence-corrected chi connectivity index (χ4v) is 3.62. The van der Waals surface area contributed by atoms with Crippen LogP contribution in [-0.2, 0) is 13.1 Å². The van der Waals surface area contributed by atoms with Crippen molar-refractivity contribution in [3.8, 4) is 0 Å². The van der Waals surface area contributed by atoms with Crippen LogP contribution in [0.15, 0.2) is 53.1 Å². The van der Waals surface area contributed by atoms with E-state index in [2.05, 4.69) is 15.3 Å². The van der Waals surface area contributed by atoms with Crippen molar-refractivity contribution in [2.45, 2.75) is 32.4 Å². The zero-order chi connectivity index (χ0) is 19.3. The summed E-state index contributed by atoms with van der Waals surface area (Å²) in [6.45, 7) is 3.48. The highest BCUT2D eigenvalue weighted by Crippen LogP contribution is 2.22.